The van der Waals surface area contributed by atoms with Crippen molar-refractivity contribution in [2.75, 3.05) is 29.9 Å². The molecule has 6 nitrogen and oxygen atoms in total. The predicted octanol–water partition coefficient (Wildman–Crippen LogP) is 5.07. The molecule has 8 heteroatoms. The van der Waals surface area contributed by atoms with Gasteiger partial charge in [0.25, 0.3) is 5.91 Å². The zero-order valence-corrected chi connectivity index (χ0v) is 17.7. The highest BCUT2D eigenvalue weighted by atomic mass is 35.5. The fourth-order valence-electron chi connectivity index (χ4n) is 3.28. The van der Waals surface area contributed by atoms with Gasteiger partial charge < -0.3 is 15.0 Å². The van der Waals surface area contributed by atoms with E-state index in [0.717, 1.165) is 30.2 Å². The lowest BCUT2D eigenvalue weighted by molar-refractivity contribution is -0.118. The van der Waals surface area contributed by atoms with Crippen LogP contribution in [0.1, 0.15) is 12.8 Å². The van der Waals surface area contributed by atoms with E-state index in [0.29, 0.717) is 21.5 Å². The van der Waals surface area contributed by atoms with Crippen molar-refractivity contribution in [1.82, 2.24) is 10.2 Å². The lowest BCUT2D eigenvalue weighted by Gasteiger charge is -2.15. The van der Waals surface area contributed by atoms with E-state index < -0.39 is 0 Å². The molecule has 0 bridgehead atoms. The number of nitrogens with one attached hydrogen (secondary N) is 1. The van der Waals surface area contributed by atoms with Crippen molar-refractivity contribution in [2.45, 2.75) is 12.8 Å². The number of aromatic nitrogens is 2. The average Bonchev–Trinajstić information content (AvgIpc) is 3.30. The topological polar surface area (TPSA) is 67.3 Å². The van der Waals surface area contributed by atoms with Crippen LogP contribution < -0.4 is 15.0 Å². The number of benzene rings is 2. The van der Waals surface area contributed by atoms with Crippen LogP contribution in [-0.2, 0) is 4.79 Å². The molecule has 154 valence electrons. The molecule has 1 aromatic heterocycles. The van der Waals surface area contributed by atoms with E-state index in [4.69, 9.17) is 27.9 Å². The Labute approximate surface area is 184 Å². The molecular formula is C22H20Cl2N4O2. The Hall–Kier alpha value is -2.83. The molecule has 0 unspecified atom stereocenters. The van der Waals surface area contributed by atoms with Gasteiger partial charge in [0.05, 0.1) is 10.7 Å². The number of halogens is 2. The van der Waals surface area contributed by atoms with Crippen molar-refractivity contribution in [1.29, 1.82) is 0 Å². The number of rotatable bonds is 6. The zero-order chi connectivity index (χ0) is 20.9. The van der Waals surface area contributed by atoms with E-state index in [9.17, 15) is 4.79 Å². The number of ether oxygens (including phenoxy) is 1. The van der Waals surface area contributed by atoms with Gasteiger partial charge in [0.2, 0.25) is 0 Å². The van der Waals surface area contributed by atoms with Gasteiger partial charge in [0, 0.05) is 35.4 Å². The van der Waals surface area contributed by atoms with E-state index in [2.05, 4.69) is 20.4 Å². The monoisotopic (exact) mass is 442 g/mol. The minimum absolute atomic E-state index is 0.186. The van der Waals surface area contributed by atoms with Gasteiger partial charge in [-0.05, 0) is 49.2 Å². The van der Waals surface area contributed by atoms with Crippen LogP contribution in [-0.4, -0.2) is 35.8 Å². The maximum Gasteiger partial charge on any atom is 0.262 e. The van der Waals surface area contributed by atoms with E-state index >= 15 is 0 Å². The Morgan fingerprint density at radius 1 is 1.03 bits per heavy atom. The van der Waals surface area contributed by atoms with Crippen molar-refractivity contribution in [3.63, 3.8) is 0 Å². The molecule has 1 N–H and O–H groups in total. The Morgan fingerprint density at radius 3 is 2.63 bits per heavy atom. The first-order chi connectivity index (χ1) is 14.6. The molecule has 0 spiro atoms. The molecule has 1 amide bonds. The molecule has 0 aliphatic carbocycles. The van der Waals surface area contributed by atoms with Crippen molar-refractivity contribution >= 4 is 40.6 Å². The molecule has 4 rings (SSSR count). The summed E-state index contributed by atoms with van der Waals surface area (Å²) in [6, 6.07) is 16.2. The van der Waals surface area contributed by atoms with Crippen molar-refractivity contribution in [3.05, 3.63) is 64.6 Å². The fraction of sp³-hybridized carbons (Fsp3) is 0.227. The SMILES string of the molecule is O=C(COc1cc(Cl)ccc1Cl)Nc1cccc(-c2ccc(N3CCCC3)nn2)c1. The third-order valence-corrected chi connectivity index (χ3v) is 5.32. The number of hydrogen-bond donors (Lipinski definition) is 1. The largest absolute Gasteiger partial charge is 0.482 e. The van der Waals surface area contributed by atoms with Crippen LogP contribution in [0, 0.1) is 0 Å². The molecule has 0 radical (unpaired) electrons. The summed E-state index contributed by atoms with van der Waals surface area (Å²) >= 11 is 12.0. The zero-order valence-electron chi connectivity index (χ0n) is 16.1. The van der Waals surface area contributed by atoms with E-state index in [1.54, 1.807) is 24.3 Å². The Morgan fingerprint density at radius 2 is 1.87 bits per heavy atom. The van der Waals surface area contributed by atoms with Gasteiger partial charge in [0.15, 0.2) is 12.4 Å². The summed E-state index contributed by atoms with van der Waals surface area (Å²) in [5.41, 5.74) is 2.26. The quantitative estimate of drug-likeness (QED) is 0.577. The van der Waals surface area contributed by atoms with Gasteiger partial charge in [-0.1, -0.05) is 35.3 Å². The number of amides is 1. The summed E-state index contributed by atoms with van der Waals surface area (Å²) in [5, 5.41) is 12.4. The second-order valence-electron chi connectivity index (χ2n) is 6.96. The summed E-state index contributed by atoms with van der Waals surface area (Å²) in [7, 11) is 0. The number of carbonyl (C=O) groups excluding carboxylic acids is 1. The first-order valence-corrected chi connectivity index (χ1v) is 10.4. The second kappa shape index (κ2) is 9.32. The highest BCUT2D eigenvalue weighted by Crippen LogP contribution is 2.28. The Balaban J connectivity index is 1.39. The maximum absolute atomic E-state index is 12.3. The van der Waals surface area contributed by atoms with Gasteiger partial charge >= 0.3 is 0 Å². The molecule has 2 aromatic carbocycles. The van der Waals surface area contributed by atoms with Gasteiger partial charge in [-0.25, -0.2) is 0 Å². The summed E-state index contributed by atoms with van der Waals surface area (Å²) in [6.07, 6.45) is 2.39. The molecule has 0 saturated carbocycles. The standard InChI is InChI=1S/C22H20Cl2N4O2/c23-16-6-7-18(24)20(13-16)30-14-22(29)25-17-5-3-4-15(12-17)19-8-9-21(27-26-19)28-10-1-2-11-28/h3-9,12-13H,1-2,10-11,14H2,(H,25,29). The van der Waals surface area contributed by atoms with Gasteiger partial charge in [0.1, 0.15) is 5.75 Å². The Kier molecular flexibility index (Phi) is 6.35. The maximum atomic E-state index is 12.3. The fourth-order valence-corrected chi connectivity index (χ4v) is 3.61. The second-order valence-corrected chi connectivity index (χ2v) is 7.81. The average molecular weight is 443 g/mol. The number of nitrogens with zero attached hydrogens (tertiary/aromatic N) is 3. The highest BCUT2D eigenvalue weighted by Gasteiger charge is 2.14. The predicted molar refractivity (Wildman–Crippen MR) is 120 cm³/mol. The van der Waals surface area contributed by atoms with Crippen LogP contribution in [0.5, 0.6) is 5.75 Å². The highest BCUT2D eigenvalue weighted by molar-refractivity contribution is 6.34. The minimum atomic E-state index is -0.307. The third-order valence-electron chi connectivity index (χ3n) is 4.77. The number of carbonyl (C=O) groups is 1. The van der Waals surface area contributed by atoms with Crippen LogP contribution in [0.3, 0.4) is 0 Å². The van der Waals surface area contributed by atoms with Crippen molar-refractivity contribution in [3.8, 4) is 17.0 Å². The minimum Gasteiger partial charge on any atom is -0.482 e. The van der Waals surface area contributed by atoms with E-state index in [-0.39, 0.29) is 12.5 Å². The number of anilines is 2. The van der Waals surface area contributed by atoms with Gasteiger partial charge in [-0.15, -0.1) is 10.2 Å². The summed E-state index contributed by atoms with van der Waals surface area (Å²) in [6.45, 7) is 1.87. The van der Waals surface area contributed by atoms with Crippen LogP contribution in [0.4, 0.5) is 11.5 Å². The van der Waals surface area contributed by atoms with Gasteiger partial charge in [-0.2, -0.15) is 0 Å². The lowest BCUT2D eigenvalue weighted by Crippen LogP contribution is -2.20. The van der Waals surface area contributed by atoms with Gasteiger partial charge in [-0.3, -0.25) is 4.79 Å². The molecule has 1 aliphatic heterocycles. The summed E-state index contributed by atoms with van der Waals surface area (Å²) < 4.78 is 5.47. The third kappa shape index (κ3) is 5.01. The summed E-state index contributed by atoms with van der Waals surface area (Å²) in [5.74, 6) is 0.956. The molecule has 0 atom stereocenters. The Bertz CT molecular complexity index is 1040. The van der Waals surface area contributed by atoms with Crippen molar-refractivity contribution in [2.24, 2.45) is 0 Å². The number of hydrogen-bond acceptors (Lipinski definition) is 5. The van der Waals surface area contributed by atoms with E-state index in [1.165, 1.54) is 12.8 Å². The summed E-state index contributed by atoms with van der Waals surface area (Å²) in [4.78, 5) is 14.5. The molecule has 1 fully saturated rings. The van der Waals surface area contributed by atoms with Crippen molar-refractivity contribution < 1.29 is 9.53 Å². The van der Waals surface area contributed by atoms with Crippen LogP contribution in [0.25, 0.3) is 11.3 Å². The molecule has 3 aromatic rings. The molecule has 2 heterocycles. The van der Waals surface area contributed by atoms with E-state index in [1.807, 2.05) is 30.3 Å². The molecule has 1 aliphatic rings. The van der Waals surface area contributed by atoms with Crippen LogP contribution in [0.15, 0.2) is 54.6 Å². The molecule has 30 heavy (non-hydrogen) atoms. The lowest BCUT2D eigenvalue weighted by atomic mass is 10.1. The molecule has 1 saturated heterocycles. The van der Waals surface area contributed by atoms with Crippen LogP contribution in [0.2, 0.25) is 10.0 Å². The van der Waals surface area contributed by atoms with Crippen LogP contribution >= 0.6 is 23.2 Å². The first-order valence-electron chi connectivity index (χ1n) is 9.65. The smallest absolute Gasteiger partial charge is 0.262 e. The molecular weight excluding hydrogens is 423 g/mol. The normalized spacial score (nSPS) is 13.3. The first kappa shape index (κ1) is 20.4.